The van der Waals surface area contributed by atoms with Crippen LogP contribution in [0.5, 0.6) is 0 Å². The molecule has 0 aromatic rings. The Morgan fingerprint density at radius 1 is 0.842 bits per heavy atom. The van der Waals surface area contributed by atoms with Gasteiger partial charge in [-0.15, -0.1) is 0 Å². The normalized spacial score (nSPS) is 25.6. The van der Waals surface area contributed by atoms with Crippen molar-refractivity contribution in [1.82, 2.24) is 0 Å². The van der Waals surface area contributed by atoms with Gasteiger partial charge >= 0.3 is 0 Å². The molecule has 1 aliphatic rings. The molecule has 0 aromatic heterocycles. The van der Waals surface area contributed by atoms with Crippen molar-refractivity contribution in [2.75, 3.05) is 6.61 Å². The summed E-state index contributed by atoms with van der Waals surface area (Å²) in [4.78, 5) is 21.8. The predicted octanol–water partition coefficient (Wildman–Crippen LogP) is 4.04. The zero-order valence-electron chi connectivity index (χ0n) is 13.3. The Labute approximate surface area is 117 Å². The molecular formula is C15H30O4. The minimum absolute atomic E-state index is 0.108. The van der Waals surface area contributed by atoms with Gasteiger partial charge in [0.2, 0.25) is 0 Å². The van der Waals surface area contributed by atoms with Crippen molar-refractivity contribution in [2.24, 2.45) is 5.92 Å². The average molecular weight is 274 g/mol. The first-order valence-electron chi connectivity index (χ1n) is 7.32. The molecule has 1 fully saturated rings. The summed E-state index contributed by atoms with van der Waals surface area (Å²) in [5, 5.41) is 0. The quantitative estimate of drug-likeness (QED) is 0.560. The second-order valence-corrected chi connectivity index (χ2v) is 7.36. The van der Waals surface area contributed by atoms with E-state index in [1.165, 1.54) is 12.8 Å². The molecule has 0 spiro atoms. The van der Waals surface area contributed by atoms with E-state index in [0.717, 1.165) is 12.8 Å². The zero-order chi connectivity index (χ0) is 14.5. The van der Waals surface area contributed by atoms with Crippen molar-refractivity contribution >= 4 is 0 Å². The van der Waals surface area contributed by atoms with Crippen molar-refractivity contribution in [1.29, 1.82) is 0 Å². The molecule has 114 valence electrons. The summed E-state index contributed by atoms with van der Waals surface area (Å²) in [6, 6.07) is 0. The molecule has 1 saturated carbocycles. The van der Waals surface area contributed by atoms with E-state index >= 15 is 0 Å². The highest BCUT2D eigenvalue weighted by Gasteiger charge is 2.29. The first-order valence-corrected chi connectivity index (χ1v) is 7.32. The first-order chi connectivity index (χ1) is 8.67. The van der Waals surface area contributed by atoms with Crippen LogP contribution in [-0.4, -0.2) is 23.9 Å². The third-order valence-corrected chi connectivity index (χ3v) is 2.85. The highest BCUT2D eigenvalue weighted by Crippen LogP contribution is 2.29. The summed E-state index contributed by atoms with van der Waals surface area (Å²) in [5.41, 5.74) is -0.544. The van der Waals surface area contributed by atoms with Gasteiger partial charge in [0.05, 0.1) is 23.9 Å². The zero-order valence-corrected chi connectivity index (χ0v) is 13.3. The summed E-state index contributed by atoms with van der Waals surface area (Å²) in [6.07, 6.45) is 4.65. The molecule has 0 N–H and O–H groups in total. The monoisotopic (exact) mass is 274 g/mol. The highest BCUT2D eigenvalue weighted by molar-refractivity contribution is 4.75. The second kappa shape index (κ2) is 7.02. The van der Waals surface area contributed by atoms with Crippen molar-refractivity contribution in [3.63, 3.8) is 0 Å². The summed E-state index contributed by atoms with van der Waals surface area (Å²) < 4.78 is 0. The fraction of sp³-hybridized carbons (Fsp3) is 1.00. The van der Waals surface area contributed by atoms with E-state index in [1.807, 2.05) is 41.5 Å². The lowest BCUT2D eigenvalue weighted by Gasteiger charge is -2.32. The van der Waals surface area contributed by atoms with Crippen LogP contribution in [0.4, 0.5) is 0 Å². The predicted molar refractivity (Wildman–Crippen MR) is 74.5 cm³/mol. The van der Waals surface area contributed by atoms with Gasteiger partial charge in [0.15, 0.2) is 0 Å². The summed E-state index contributed by atoms with van der Waals surface area (Å²) in [7, 11) is 0. The van der Waals surface area contributed by atoms with Crippen LogP contribution in [0.25, 0.3) is 0 Å². The molecule has 0 saturated heterocycles. The van der Waals surface area contributed by atoms with E-state index in [-0.39, 0.29) is 17.3 Å². The molecule has 4 nitrogen and oxygen atoms in total. The maximum Gasteiger partial charge on any atom is 0.0981 e. The van der Waals surface area contributed by atoms with Crippen LogP contribution in [-0.2, 0) is 19.6 Å². The van der Waals surface area contributed by atoms with Gasteiger partial charge < -0.3 is 0 Å². The molecule has 19 heavy (non-hydrogen) atoms. The number of rotatable bonds is 5. The molecule has 0 amide bonds. The number of hydrogen-bond acceptors (Lipinski definition) is 4. The van der Waals surface area contributed by atoms with Crippen molar-refractivity contribution in [3.8, 4) is 0 Å². The molecule has 1 rings (SSSR count). The van der Waals surface area contributed by atoms with Crippen LogP contribution < -0.4 is 0 Å². The van der Waals surface area contributed by atoms with Gasteiger partial charge in [0.1, 0.15) is 0 Å². The van der Waals surface area contributed by atoms with Crippen LogP contribution in [0.3, 0.4) is 0 Å². The Balaban J connectivity index is 2.35. The van der Waals surface area contributed by atoms with Gasteiger partial charge in [-0.05, 0) is 54.4 Å². The van der Waals surface area contributed by atoms with E-state index in [4.69, 9.17) is 19.6 Å². The fourth-order valence-corrected chi connectivity index (χ4v) is 2.00. The van der Waals surface area contributed by atoms with Crippen LogP contribution in [0.15, 0.2) is 0 Å². The lowest BCUT2D eigenvalue weighted by molar-refractivity contribution is -0.397. The largest absolute Gasteiger partial charge is 0.236 e. The van der Waals surface area contributed by atoms with Gasteiger partial charge in [-0.25, -0.2) is 19.6 Å². The molecule has 2 atom stereocenters. The Morgan fingerprint density at radius 2 is 1.42 bits per heavy atom. The third-order valence-electron chi connectivity index (χ3n) is 2.85. The van der Waals surface area contributed by atoms with E-state index in [0.29, 0.717) is 12.5 Å². The minimum atomic E-state index is -0.273. The van der Waals surface area contributed by atoms with Gasteiger partial charge in [-0.3, -0.25) is 0 Å². The highest BCUT2D eigenvalue weighted by atomic mass is 17.2. The second-order valence-electron chi connectivity index (χ2n) is 7.36. The molecule has 1 aliphatic carbocycles. The summed E-state index contributed by atoms with van der Waals surface area (Å²) in [6.45, 7) is 12.5. The van der Waals surface area contributed by atoms with Crippen LogP contribution in [0.1, 0.15) is 67.2 Å². The summed E-state index contributed by atoms with van der Waals surface area (Å²) >= 11 is 0. The summed E-state index contributed by atoms with van der Waals surface area (Å²) in [5.74, 6) is 0.346. The molecule has 2 unspecified atom stereocenters. The molecule has 0 bridgehead atoms. The van der Waals surface area contributed by atoms with Crippen LogP contribution >= 0.6 is 0 Å². The third kappa shape index (κ3) is 7.88. The van der Waals surface area contributed by atoms with Gasteiger partial charge in [-0.1, -0.05) is 12.8 Å². The Morgan fingerprint density at radius 3 is 2.00 bits per heavy atom. The smallest absolute Gasteiger partial charge is 0.0981 e. The molecular weight excluding hydrogens is 244 g/mol. The molecule has 0 aromatic carbocycles. The van der Waals surface area contributed by atoms with Crippen molar-refractivity contribution in [3.05, 3.63) is 0 Å². The fourth-order valence-electron chi connectivity index (χ4n) is 2.00. The van der Waals surface area contributed by atoms with E-state index in [1.54, 1.807) is 0 Å². The lowest BCUT2D eigenvalue weighted by Crippen LogP contribution is -2.34. The van der Waals surface area contributed by atoms with Crippen LogP contribution in [0, 0.1) is 5.92 Å². The lowest BCUT2D eigenvalue weighted by atomic mass is 9.87. The standard InChI is InChI=1S/C15H30O4/c1-14(2,3)18-16-11-12-9-7-8-10-13(12)17-19-15(4,5)6/h12-13H,7-11H2,1-6H3. The molecule has 0 heterocycles. The minimum Gasteiger partial charge on any atom is -0.236 e. The first kappa shape index (κ1) is 16.9. The van der Waals surface area contributed by atoms with Crippen molar-refractivity contribution in [2.45, 2.75) is 84.5 Å². The van der Waals surface area contributed by atoms with Crippen LogP contribution in [0.2, 0.25) is 0 Å². The molecule has 0 radical (unpaired) electrons. The number of hydrogen-bond donors (Lipinski definition) is 0. The van der Waals surface area contributed by atoms with E-state index in [9.17, 15) is 0 Å². The van der Waals surface area contributed by atoms with E-state index < -0.39 is 0 Å². The molecule has 0 aliphatic heterocycles. The molecule has 4 heteroatoms. The van der Waals surface area contributed by atoms with Gasteiger partial charge in [0, 0.05) is 5.92 Å². The Kier molecular flexibility index (Phi) is 6.24. The van der Waals surface area contributed by atoms with E-state index in [2.05, 4.69) is 0 Å². The Bertz CT molecular complexity index is 252. The van der Waals surface area contributed by atoms with Gasteiger partial charge in [-0.2, -0.15) is 0 Å². The average Bonchev–Trinajstić information content (AvgIpc) is 2.25. The maximum absolute atomic E-state index is 5.61. The topological polar surface area (TPSA) is 36.9 Å². The van der Waals surface area contributed by atoms with Gasteiger partial charge in [0.25, 0.3) is 0 Å². The van der Waals surface area contributed by atoms with Crippen molar-refractivity contribution < 1.29 is 19.6 Å². The Hall–Kier alpha value is -0.160. The maximum atomic E-state index is 5.61. The SMILES string of the molecule is CC(C)(C)OOCC1CCCCC1OOC(C)(C)C.